The number of carbonyl (C=O) groups is 2. The number of aryl methyl sites for hydroxylation is 2. The van der Waals surface area contributed by atoms with E-state index in [2.05, 4.69) is 10.3 Å². The van der Waals surface area contributed by atoms with Crippen molar-refractivity contribution in [1.82, 2.24) is 15.2 Å². The van der Waals surface area contributed by atoms with E-state index in [1.165, 1.54) is 25.7 Å². The third-order valence-corrected chi connectivity index (χ3v) is 5.55. The van der Waals surface area contributed by atoms with Gasteiger partial charge in [-0.3, -0.25) is 14.6 Å². The molecule has 0 aromatic carbocycles. The minimum atomic E-state index is -0.182. The first-order chi connectivity index (χ1) is 13.1. The predicted molar refractivity (Wildman–Crippen MR) is 104 cm³/mol. The van der Waals surface area contributed by atoms with Crippen LogP contribution in [0.4, 0.5) is 0 Å². The number of likely N-dealkylation sites (tertiary alicyclic amines) is 1. The Morgan fingerprint density at radius 3 is 2.70 bits per heavy atom. The molecular formula is C21H31N3O3. The molecule has 2 heterocycles. The summed E-state index contributed by atoms with van der Waals surface area (Å²) in [5.74, 6) is 0.642. The van der Waals surface area contributed by atoms with Gasteiger partial charge in [-0.25, -0.2) is 0 Å². The summed E-state index contributed by atoms with van der Waals surface area (Å²) < 4.78 is 5.67. The number of rotatable bonds is 6. The standard InChI is InChI=1S/C21H31N3O3/c1-3-18-19(11-10-15(2)22-18)27-14-20(25)23-16-12-21(26)24(13-16)17-8-6-4-5-7-9-17/h10-11,16-17H,3-9,12-14H2,1-2H3,(H,23,25)/t16-/m1/s1. The van der Waals surface area contributed by atoms with Crippen LogP contribution in [0.3, 0.4) is 0 Å². The van der Waals surface area contributed by atoms with Crippen molar-refractivity contribution < 1.29 is 14.3 Å². The van der Waals surface area contributed by atoms with Crippen molar-refractivity contribution in [2.45, 2.75) is 77.3 Å². The summed E-state index contributed by atoms with van der Waals surface area (Å²) in [6, 6.07) is 3.98. The van der Waals surface area contributed by atoms with Crippen molar-refractivity contribution >= 4 is 11.8 Å². The monoisotopic (exact) mass is 373 g/mol. The van der Waals surface area contributed by atoms with Crippen molar-refractivity contribution in [2.24, 2.45) is 0 Å². The third kappa shape index (κ3) is 5.21. The number of ether oxygens (including phenoxy) is 1. The fraction of sp³-hybridized carbons (Fsp3) is 0.667. The second-order valence-electron chi connectivity index (χ2n) is 7.70. The molecule has 2 fully saturated rings. The molecule has 1 saturated carbocycles. The number of amides is 2. The van der Waals surface area contributed by atoms with Gasteiger partial charge in [0.1, 0.15) is 5.75 Å². The lowest BCUT2D eigenvalue weighted by Gasteiger charge is -2.27. The Bertz CT molecular complexity index is 669. The van der Waals surface area contributed by atoms with E-state index >= 15 is 0 Å². The quantitative estimate of drug-likeness (QED) is 0.779. The lowest BCUT2D eigenvalue weighted by molar-refractivity contribution is -0.129. The molecule has 1 atom stereocenters. The highest BCUT2D eigenvalue weighted by molar-refractivity contribution is 5.83. The molecule has 1 N–H and O–H groups in total. The highest BCUT2D eigenvalue weighted by atomic mass is 16.5. The van der Waals surface area contributed by atoms with Crippen LogP contribution in [0.25, 0.3) is 0 Å². The Morgan fingerprint density at radius 2 is 2.00 bits per heavy atom. The van der Waals surface area contributed by atoms with Gasteiger partial charge < -0.3 is 15.0 Å². The van der Waals surface area contributed by atoms with Gasteiger partial charge in [0.25, 0.3) is 5.91 Å². The molecule has 3 rings (SSSR count). The van der Waals surface area contributed by atoms with Crippen LogP contribution in [-0.4, -0.2) is 46.9 Å². The summed E-state index contributed by atoms with van der Waals surface area (Å²) in [5, 5.41) is 2.97. The fourth-order valence-electron chi connectivity index (χ4n) is 4.15. The zero-order valence-electron chi connectivity index (χ0n) is 16.5. The lowest BCUT2D eigenvalue weighted by Crippen LogP contribution is -2.42. The molecule has 6 nitrogen and oxygen atoms in total. The molecule has 27 heavy (non-hydrogen) atoms. The molecule has 0 radical (unpaired) electrons. The summed E-state index contributed by atoms with van der Waals surface area (Å²) in [7, 11) is 0. The maximum atomic E-state index is 12.4. The number of nitrogens with zero attached hydrogens (tertiary/aromatic N) is 2. The van der Waals surface area contributed by atoms with Crippen LogP contribution in [-0.2, 0) is 16.0 Å². The van der Waals surface area contributed by atoms with Gasteiger partial charge in [-0.2, -0.15) is 0 Å². The minimum Gasteiger partial charge on any atom is -0.482 e. The summed E-state index contributed by atoms with van der Waals surface area (Å²) >= 11 is 0. The first kappa shape index (κ1) is 19.6. The predicted octanol–water partition coefficient (Wildman–Crippen LogP) is 2.77. The summed E-state index contributed by atoms with van der Waals surface area (Å²) in [6.45, 7) is 4.53. The van der Waals surface area contributed by atoms with E-state index in [1.54, 1.807) is 0 Å². The molecule has 148 valence electrons. The zero-order chi connectivity index (χ0) is 19.2. The van der Waals surface area contributed by atoms with E-state index in [4.69, 9.17) is 4.74 Å². The topological polar surface area (TPSA) is 71.5 Å². The summed E-state index contributed by atoms with van der Waals surface area (Å²) in [5.41, 5.74) is 1.80. The van der Waals surface area contributed by atoms with Gasteiger partial charge in [-0.05, 0) is 38.3 Å². The Kier molecular flexibility index (Phi) is 6.69. The number of hydrogen-bond acceptors (Lipinski definition) is 4. The van der Waals surface area contributed by atoms with Crippen LogP contribution in [0.15, 0.2) is 12.1 Å². The number of carbonyl (C=O) groups excluding carboxylic acids is 2. The van der Waals surface area contributed by atoms with Gasteiger partial charge in [-0.1, -0.05) is 32.6 Å². The maximum absolute atomic E-state index is 12.4. The van der Waals surface area contributed by atoms with Crippen molar-refractivity contribution in [3.05, 3.63) is 23.5 Å². The molecule has 2 aliphatic rings. The van der Waals surface area contributed by atoms with Crippen LogP contribution in [0.5, 0.6) is 5.75 Å². The number of aromatic nitrogens is 1. The highest BCUT2D eigenvalue weighted by Crippen LogP contribution is 2.26. The summed E-state index contributed by atoms with van der Waals surface area (Å²) in [6.07, 6.45) is 8.27. The van der Waals surface area contributed by atoms with E-state index in [9.17, 15) is 9.59 Å². The molecule has 1 saturated heterocycles. The van der Waals surface area contributed by atoms with Gasteiger partial charge in [0.15, 0.2) is 6.61 Å². The SMILES string of the molecule is CCc1nc(C)ccc1OCC(=O)N[C@@H]1CC(=O)N(C2CCCCCC2)C1. The second kappa shape index (κ2) is 9.20. The number of pyridine rings is 1. The second-order valence-corrected chi connectivity index (χ2v) is 7.70. The fourth-order valence-corrected chi connectivity index (χ4v) is 4.15. The Balaban J connectivity index is 1.49. The van der Waals surface area contributed by atoms with Crippen molar-refractivity contribution in [3.63, 3.8) is 0 Å². The molecule has 6 heteroatoms. The molecule has 0 unspecified atom stereocenters. The van der Waals surface area contributed by atoms with Crippen LogP contribution < -0.4 is 10.1 Å². The van der Waals surface area contributed by atoms with Crippen LogP contribution in [0.2, 0.25) is 0 Å². The molecule has 1 aliphatic carbocycles. The van der Waals surface area contributed by atoms with E-state index < -0.39 is 0 Å². The molecule has 2 amide bonds. The first-order valence-electron chi connectivity index (χ1n) is 10.2. The van der Waals surface area contributed by atoms with Gasteiger partial charge in [0.2, 0.25) is 5.91 Å². The normalized spacial score (nSPS) is 21.2. The third-order valence-electron chi connectivity index (χ3n) is 5.55. The molecule has 1 aromatic heterocycles. The van der Waals surface area contributed by atoms with E-state index in [1.807, 2.05) is 30.9 Å². The van der Waals surface area contributed by atoms with E-state index in [-0.39, 0.29) is 24.5 Å². The molecular weight excluding hydrogens is 342 g/mol. The minimum absolute atomic E-state index is 0.0497. The first-order valence-corrected chi connectivity index (χ1v) is 10.2. The molecule has 1 aromatic rings. The van der Waals surface area contributed by atoms with Crippen molar-refractivity contribution in [3.8, 4) is 5.75 Å². The van der Waals surface area contributed by atoms with Gasteiger partial charge >= 0.3 is 0 Å². The van der Waals surface area contributed by atoms with Crippen LogP contribution in [0.1, 0.15) is 63.3 Å². The van der Waals surface area contributed by atoms with E-state index in [0.717, 1.165) is 30.7 Å². The van der Waals surface area contributed by atoms with Crippen molar-refractivity contribution in [1.29, 1.82) is 0 Å². The largest absolute Gasteiger partial charge is 0.482 e. The lowest BCUT2D eigenvalue weighted by atomic mass is 10.1. The average molecular weight is 373 g/mol. The van der Waals surface area contributed by atoms with E-state index in [0.29, 0.717) is 24.8 Å². The number of nitrogens with one attached hydrogen (secondary N) is 1. The smallest absolute Gasteiger partial charge is 0.258 e. The number of hydrogen-bond donors (Lipinski definition) is 1. The zero-order valence-corrected chi connectivity index (χ0v) is 16.5. The Morgan fingerprint density at radius 1 is 1.26 bits per heavy atom. The highest BCUT2D eigenvalue weighted by Gasteiger charge is 2.35. The van der Waals surface area contributed by atoms with Crippen molar-refractivity contribution in [2.75, 3.05) is 13.2 Å². The average Bonchev–Trinajstić information content (AvgIpc) is 2.85. The van der Waals surface area contributed by atoms with Crippen LogP contribution in [0, 0.1) is 6.92 Å². The molecule has 0 bridgehead atoms. The molecule has 1 aliphatic heterocycles. The van der Waals surface area contributed by atoms with Gasteiger partial charge in [-0.15, -0.1) is 0 Å². The van der Waals surface area contributed by atoms with Crippen LogP contribution >= 0.6 is 0 Å². The Labute approximate surface area is 161 Å². The van der Waals surface area contributed by atoms with Gasteiger partial charge in [0, 0.05) is 24.7 Å². The summed E-state index contributed by atoms with van der Waals surface area (Å²) in [4.78, 5) is 31.1. The Hall–Kier alpha value is -2.11. The van der Waals surface area contributed by atoms with Gasteiger partial charge in [0.05, 0.1) is 11.7 Å². The molecule has 0 spiro atoms. The maximum Gasteiger partial charge on any atom is 0.258 e.